The average molecular weight is 258 g/mol. The van der Waals surface area contributed by atoms with Crippen LogP contribution in [0.25, 0.3) is 11.1 Å². The fraction of sp³-hybridized carbons (Fsp3) is 0.333. The topological polar surface area (TPSA) is 55.1 Å². The van der Waals surface area contributed by atoms with Gasteiger partial charge in [-0.05, 0) is 17.7 Å². The monoisotopic (exact) mass is 258 g/mol. The minimum absolute atomic E-state index is 0.0289. The Labute approximate surface area is 112 Å². The molecular weight excluding hydrogens is 240 g/mol. The maximum atomic E-state index is 11.8. The maximum absolute atomic E-state index is 11.8. The van der Waals surface area contributed by atoms with Gasteiger partial charge in [0.2, 0.25) is 5.91 Å². The Bertz CT molecular complexity index is 554. The molecule has 0 spiro atoms. The zero-order valence-electron chi connectivity index (χ0n) is 11.4. The molecule has 0 unspecified atom stereocenters. The van der Waals surface area contributed by atoms with Crippen LogP contribution in [0, 0.1) is 5.41 Å². The molecular formula is C15H18N2O2. The van der Waals surface area contributed by atoms with Crippen LogP contribution in [-0.2, 0) is 11.3 Å². The summed E-state index contributed by atoms with van der Waals surface area (Å²) < 4.78 is 5.05. The van der Waals surface area contributed by atoms with Crippen LogP contribution in [0.2, 0.25) is 0 Å². The number of carbonyl (C=O) groups is 1. The summed E-state index contributed by atoms with van der Waals surface area (Å²) >= 11 is 0. The lowest BCUT2D eigenvalue weighted by Gasteiger charge is -2.17. The third-order valence-corrected chi connectivity index (χ3v) is 2.78. The molecule has 0 saturated heterocycles. The van der Waals surface area contributed by atoms with Gasteiger partial charge in [0.25, 0.3) is 0 Å². The van der Waals surface area contributed by atoms with E-state index in [2.05, 4.69) is 10.3 Å². The lowest BCUT2D eigenvalue weighted by Crippen LogP contribution is -2.34. The van der Waals surface area contributed by atoms with Crippen molar-refractivity contribution in [1.29, 1.82) is 0 Å². The first-order valence-corrected chi connectivity index (χ1v) is 6.21. The van der Waals surface area contributed by atoms with Crippen LogP contribution in [0.3, 0.4) is 0 Å². The highest BCUT2D eigenvalue weighted by molar-refractivity contribution is 5.81. The van der Waals surface area contributed by atoms with E-state index in [0.29, 0.717) is 6.54 Å². The Morgan fingerprint density at radius 1 is 1.32 bits per heavy atom. The second kappa shape index (κ2) is 5.26. The molecule has 2 rings (SSSR count). The van der Waals surface area contributed by atoms with E-state index >= 15 is 0 Å². The van der Waals surface area contributed by atoms with Crippen molar-refractivity contribution >= 4 is 5.91 Å². The first kappa shape index (κ1) is 13.3. The molecule has 100 valence electrons. The van der Waals surface area contributed by atoms with Crippen molar-refractivity contribution in [3.05, 3.63) is 42.6 Å². The van der Waals surface area contributed by atoms with Crippen LogP contribution in [0.1, 0.15) is 26.3 Å². The number of nitrogens with one attached hydrogen (secondary N) is 1. The molecule has 0 aliphatic heterocycles. The highest BCUT2D eigenvalue weighted by Gasteiger charge is 2.20. The molecule has 0 fully saturated rings. The molecule has 0 aliphatic carbocycles. The van der Waals surface area contributed by atoms with E-state index in [9.17, 15) is 4.79 Å². The van der Waals surface area contributed by atoms with Gasteiger partial charge < -0.3 is 9.73 Å². The number of rotatable bonds is 3. The van der Waals surface area contributed by atoms with E-state index < -0.39 is 0 Å². The van der Waals surface area contributed by atoms with Gasteiger partial charge in [0.05, 0.1) is 12.5 Å². The molecule has 19 heavy (non-hydrogen) atoms. The van der Waals surface area contributed by atoms with Gasteiger partial charge in [-0.1, -0.05) is 20.8 Å². The number of aromatic nitrogens is 1. The molecule has 4 nitrogen and oxygen atoms in total. The van der Waals surface area contributed by atoms with Crippen molar-refractivity contribution in [3.63, 3.8) is 0 Å². The molecule has 0 atom stereocenters. The highest BCUT2D eigenvalue weighted by atomic mass is 16.3. The Kier molecular flexibility index (Phi) is 3.69. The van der Waals surface area contributed by atoms with Crippen LogP contribution in [0.4, 0.5) is 0 Å². The number of furan rings is 1. The first-order chi connectivity index (χ1) is 8.97. The lowest BCUT2D eigenvalue weighted by molar-refractivity contribution is -0.128. The van der Waals surface area contributed by atoms with Crippen molar-refractivity contribution in [2.75, 3.05) is 0 Å². The number of hydrogen-bond acceptors (Lipinski definition) is 3. The van der Waals surface area contributed by atoms with Gasteiger partial charge in [0.1, 0.15) is 0 Å². The second-order valence-electron chi connectivity index (χ2n) is 5.53. The van der Waals surface area contributed by atoms with Gasteiger partial charge in [-0.3, -0.25) is 9.78 Å². The number of hydrogen-bond donors (Lipinski definition) is 1. The number of carbonyl (C=O) groups excluding carboxylic acids is 1. The SMILES string of the molecule is CC(C)(C)C(=O)NCc1cncc(-c2ccoc2)c1. The summed E-state index contributed by atoms with van der Waals surface area (Å²) in [6, 6.07) is 3.88. The van der Waals surface area contributed by atoms with Crippen LogP contribution in [-0.4, -0.2) is 10.9 Å². The van der Waals surface area contributed by atoms with Crippen molar-refractivity contribution in [2.24, 2.45) is 5.41 Å². The third-order valence-electron chi connectivity index (χ3n) is 2.78. The number of nitrogens with zero attached hydrogens (tertiary/aromatic N) is 1. The van der Waals surface area contributed by atoms with E-state index in [0.717, 1.165) is 16.7 Å². The van der Waals surface area contributed by atoms with Crippen molar-refractivity contribution in [3.8, 4) is 11.1 Å². The summed E-state index contributed by atoms with van der Waals surface area (Å²) in [5, 5.41) is 2.91. The van der Waals surface area contributed by atoms with Gasteiger partial charge in [0, 0.05) is 35.5 Å². The normalized spacial score (nSPS) is 11.3. The van der Waals surface area contributed by atoms with Gasteiger partial charge in [-0.2, -0.15) is 0 Å². The maximum Gasteiger partial charge on any atom is 0.225 e. The predicted molar refractivity (Wildman–Crippen MR) is 73.2 cm³/mol. The van der Waals surface area contributed by atoms with E-state index in [4.69, 9.17) is 4.42 Å². The molecule has 1 N–H and O–H groups in total. The number of amides is 1. The van der Waals surface area contributed by atoms with Gasteiger partial charge in [0.15, 0.2) is 0 Å². The molecule has 4 heteroatoms. The molecule has 2 aromatic heterocycles. The predicted octanol–water partition coefficient (Wildman–Crippen LogP) is 3.00. The molecule has 0 saturated carbocycles. The van der Waals surface area contributed by atoms with Crippen LogP contribution >= 0.6 is 0 Å². The minimum Gasteiger partial charge on any atom is -0.472 e. The Hall–Kier alpha value is -2.10. The van der Waals surface area contributed by atoms with Crippen LogP contribution in [0.5, 0.6) is 0 Å². The van der Waals surface area contributed by atoms with E-state index in [1.54, 1.807) is 24.9 Å². The fourth-order valence-corrected chi connectivity index (χ4v) is 1.62. The number of pyridine rings is 1. The zero-order chi connectivity index (χ0) is 13.9. The van der Waals surface area contributed by atoms with E-state index in [1.807, 2.05) is 32.9 Å². The van der Waals surface area contributed by atoms with E-state index in [-0.39, 0.29) is 11.3 Å². The fourth-order valence-electron chi connectivity index (χ4n) is 1.62. The van der Waals surface area contributed by atoms with Crippen molar-refractivity contribution < 1.29 is 9.21 Å². The summed E-state index contributed by atoms with van der Waals surface area (Å²) in [6.07, 6.45) is 6.84. The highest BCUT2D eigenvalue weighted by Crippen LogP contribution is 2.20. The second-order valence-corrected chi connectivity index (χ2v) is 5.53. The molecule has 0 radical (unpaired) electrons. The van der Waals surface area contributed by atoms with E-state index in [1.165, 1.54) is 0 Å². The van der Waals surface area contributed by atoms with Gasteiger partial charge in [-0.15, -0.1) is 0 Å². The van der Waals surface area contributed by atoms with Crippen LogP contribution < -0.4 is 5.32 Å². The zero-order valence-corrected chi connectivity index (χ0v) is 11.4. The molecule has 0 bridgehead atoms. The van der Waals surface area contributed by atoms with Crippen molar-refractivity contribution in [1.82, 2.24) is 10.3 Å². The summed E-state index contributed by atoms with van der Waals surface area (Å²) in [7, 11) is 0. The first-order valence-electron chi connectivity index (χ1n) is 6.21. The molecule has 1 amide bonds. The standard InChI is InChI=1S/C15H18N2O2/c1-15(2,3)14(18)17-8-11-6-13(9-16-7-11)12-4-5-19-10-12/h4-7,9-10H,8H2,1-3H3,(H,17,18). The summed E-state index contributed by atoms with van der Waals surface area (Å²) in [5.74, 6) is 0.0289. The molecule has 0 aliphatic rings. The van der Waals surface area contributed by atoms with Crippen LogP contribution in [0.15, 0.2) is 41.5 Å². The third kappa shape index (κ3) is 3.44. The summed E-state index contributed by atoms with van der Waals surface area (Å²) in [5.41, 5.74) is 2.55. The molecule has 0 aromatic carbocycles. The quantitative estimate of drug-likeness (QED) is 0.920. The molecule has 2 heterocycles. The minimum atomic E-state index is -0.379. The smallest absolute Gasteiger partial charge is 0.225 e. The summed E-state index contributed by atoms with van der Waals surface area (Å²) in [4.78, 5) is 16.0. The average Bonchev–Trinajstić information content (AvgIpc) is 2.89. The Morgan fingerprint density at radius 3 is 2.74 bits per heavy atom. The largest absolute Gasteiger partial charge is 0.472 e. The van der Waals surface area contributed by atoms with Gasteiger partial charge in [-0.25, -0.2) is 0 Å². The van der Waals surface area contributed by atoms with Crippen molar-refractivity contribution in [2.45, 2.75) is 27.3 Å². The summed E-state index contributed by atoms with van der Waals surface area (Å²) in [6.45, 7) is 6.15. The Morgan fingerprint density at radius 2 is 2.11 bits per heavy atom. The Balaban J connectivity index is 2.06. The lowest BCUT2D eigenvalue weighted by atomic mass is 9.95. The molecule has 2 aromatic rings. The van der Waals surface area contributed by atoms with Gasteiger partial charge >= 0.3 is 0 Å².